The molecule has 0 fully saturated rings. The minimum absolute atomic E-state index is 0.0956. The highest BCUT2D eigenvalue weighted by atomic mass is 31.2. The summed E-state index contributed by atoms with van der Waals surface area (Å²) >= 11 is 0. The number of nitrogens with one attached hydrogen (secondary N) is 1. The lowest BCUT2D eigenvalue weighted by Crippen LogP contribution is -3.11. The van der Waals surface area contributed by atoms with Crippen molar-refractivity contribution in [3.8, 4) is 0 Å². The van der Waals surface area contributed by atoms with Crippen molar-refractivity contribution in [2.45, 2.75) is 130 Å². The van der Waals surface area contributed by atoms with Gasteiger partial charge in [0, 0.05) is 13.0 Å². The highest BCUT2D eigenvalue weighted by Gasteiger charge is 2.25. The molecule has 0 amide bonds. The van der Waals surface area contributed by atoms with Gasteiger partial charge in [-0.1, -0.05) is 97.3 Å². The number of ether oxygens (including phenoxy) is 2. The number of hydrogen-bond acceptors (Lipinski definition) is 5. The SMILES string of the molecule is CCCCCCCCCCCCCCCCOCC(COP(=O)(O)CC[NH+](CC)CC)OC(=O)CC. The van der Waals surface area contributed by atoms with Gasteiger partial charge in [-0.25, -0.2) is 0 Å². The molecule has 2 atom stereocenters. The van der Waals surface area contributed by atoms with E-state index in [0.717, 1.165) is 25.9 Å². The molecule has 0 aliphatic rings. The van der Waals surface area contributed by atoms with E-state index in [1.807, 2.05) is 0 Å². The lowest BCUT2D eigenvalue weighted by Gasteiger charge is -2.21. The number of unbranched alkanes of at least 4 members (excludes halogenated alkanes) is 13. The maximum absolute atomic E-state index is 12.4. The number of carbonyl (C=O) groups excluding carboxylic acids is 1. The first kappa shape index (κ1) is 35.5. The maximum Gasteiger partial charge on any atom is 0.333 e. The minimum atomic E-state index is -3.72. The van der Waals surface area contributed by atoms with E-state index >= 15 is 0 Å². The summed E-state index contributed by atoms with van der Waals surface area (Å²) in [6.45, 7) is 11.1. The summed E-state index contributed by atoms with van der Waals surface area (Å²) in [7, 11) is -3.72. The molecule has 0 saturated heterocycles. The van der Waals surface area contributed by atoms with Crippen LogP contribution in [0.1, 0.15) is 124 Å². The third-order valence-electron chi connectivity index (χ3n) is 6.74. The second-order valence-electron chi connectivity index (χ2n) is 10.0. The molecular formula is C28H59NO6P+. The highest BCUT2D eigenvalue weighted by molar-refractivity contribution is 7.52. The molecule has 0 aromatic carbocycles. The number of quaternary nitrogens is 1. The number of rotatable bonds is 27. The van der Waals surface area contributed by atoms with Crippen LogP contribution in [0.3, 0.4) is 0 Å². The van der Waals surface area contributed by atoms with Crippen LogP contribution in [0.15, 0.2) is 0 Å². The molecule has 0 aliphatic carbocycles. The van der Waals surface area contributed by atoms with Gasteiger partial charge in [-0.2, -0.15) is 0 Å². The topological polar surface area (TPSA) is 86.5 Å². The molecule has 0 heterocycles. The minimum Gasteiger partial charge on any atom is -0.457 e. The van der Waals surface area contributed by atoms with Gasteiger partial charge in [0.15, 0.2) is 0 Å². The fourth-order valence-corrected chi connectivity index (χ4v) is 5.29. The Balaban J connectivity index is 3.89. The van der Waals surface area contributed by atoms with E-state index in [0.29, 0.717) is 13.2 Å². The quantitative estimate of drug-likeness (QED) is 0.0768. The van der Waals surface area contributed by atoms with Crippen LogP contribution in [0, 0.1) is 0 Å². The van der Waals surface area contributed by atoms with Crippen LogP contribution in [0.5, 0.6) is 0 Å². The molecule has 36 heavy (non-hydrogen) atoms. The zero-order valence-corrected chi connectivity index (χ0v) is 25.0. The summed E-state index contributed by atoms with van der Waals surface area (Å²) in [5.74, 6) is -0.357. The second-order valence-corrected chi connectivity index (χ2v) is 12.0. The van der Waals surface area contributed by atoms with Gasteiger partial charge in [0.2, 0.25) is 0 Å². The number of carbonyl (C=O) groups is 1. The van der Waals surface area contributed by atoms with Gasteiger partial charge >= 0.3 is 13.6 Å². The van der Waals surface area contributed by atoms with E-state index < -0.39 is 13.7 Å². The molecule has 7 nitrogen and oxygen atoms in total. The Hall–Kier alpha value is -0.460. The monoisotopic (exact) mass is 536 g/mol. The zero-order valence-electron chi connectivity index (χ0n) is 24.1. The predicted octanol–water partition coefficient (Wildman–Crippen LogP) is 5.93. The summed E-state index contributed by atoms with van der Waals surface area (Å²) < 4.78 is 28.7. The lowest BCUT2D eigenvalue weighted by molar-refractivity contribution is -0.893. The van der Waals surface area contributed by atoms with Crippen molar-refractivity contribution in [3.63, 3.8) is 0 Å². The third kappa shape index (κ3) is 22.7. The van der Waals surface area contributed by atoms with E-state index in [1.165, 1.54) is 81.9 Å². The summed E-state index contributed by atoms with van der Waals surface area (Å²) in [5.41, 5.74) is 0. The van der Waals surface area contributed by atoms with Crippen molar-refractivity contribution in [3.05, 3.63) is 0 Å². The van der Waals surface area contributed by atoms with Gasteiger partial charge in [0.1, 0.15) is 6.10 Å². The number of esters is 1. The lowest BCUT2D eigenvalue weighted by atomic mass is 10.0. The Morgan fingerprint density at radius 1 is 0.778 bits per heavy atom. The summed E-state index contributed by atoms with van der Waals surface area (Å²) in [4.78, 5) is 23.1. The van der Waals surface area contributed by atoms with E-state index in [4.69, 9.17) is 14.0 Å². The van der Waals surface area contributed by atoms with Crippen LogP contribution in [0.2, 0.25) is 0 Å². The molecule has 0 bridgehead atoms. The van der Waals surface area contributed by atoms with E-state index in [1.54, 1.807) is 6.92 Å². The van der Waals surface area contributed by atoms with Crippen LogP contribution in [-0.2, 0) is 23.4 Å². The average Bonchev–Trinajstić information content (AvgIpc) is 2.87. The summed E-state index contributed by atoms with van der Waals surface area (Å²) in [5, 5.41) is 0. The molecule has 2 N–H and O–H groups in total. The van der Waals surface area contributed by atoms with Crippen molar-refractivity contribution in [2.75, 3.05) is 45.6 Å². The largest absolute Gasteiger partial charge is 0.457 e. The fourth-order valence-electron chi connectivity index (χ4n) is 4.17. The van der Waals surface area contributed by atoms with Crippen molar-refractivity contribution >= 4 is 13.6 Å². The van der Waals surface area contributed by atoms with E-state index in [2.05, 4.69) is 20.8 Å². The van der Waals surface area contributed by atoms with Gasteiger partial charge in [-0.05, 0) is 20.3 Å². The summed E-state index contributed by atoms with van der Waals surface area (Å²) in [6, 6.07) is 0. The standard InChI is InChI=1S/C28H58NO6P/c1-5-9-10-11-12-13-14-15-16-17-18-19-20-21-23-33-25-27(35-28(30)6-2)26-34-36(31,32)24-22-29(7-3)8-4/h27H,5-26H2,1-4H3,(H,31,32)/p+1. The first-order valence-corrected chi connectivity index (χ1v) is 16.7. The van der Waals surface area contributed by atoms with E-state index in [9.17, 15) is 14.3 Å². The van der Waals surface area contributed by atoms with Crippen molar-refractivity contribution < 1.29 is 33.2 Å². The fraction of sp³-hybridized carbons (Fsp3) is 0.964. The normalized spacial score (nSPS) is 14.2. The molecule has 0 aromatic heterocycles. The van der Waals surface area contributed by atoms with Gasteiger partial charge in [-0.3, -0.25) is 9.36 Å². The van der Waals surface area contributed by atoms with Gasteiger partial charge < -0.3 is 23.8 Å². The Kier molecular flexibility index (Phi) is 24.5. The smallest absolute Gasteiger partial charge is 0.333 e. The molecule has 0 rings (SSSR count). The zero-order chi connectivity index (χ0) is 26.9. The second kappa shape index (κ2) is 24.9. The molecular weight excluding hydrogens is 477 g/mol. The van der Waals surface area contributed by atoms with Crippen LogP contribution in [-0.4, -0.2) is 62.6 Å². The maximum atomic E-state index is 12.4. The molecule has 0 spiro atoms. The molecule has 0 aromatic rings. The average molecular weight is 537 g/mol. The first-order valence-electron chi connectivity index (χ1n) is 15.0. The Morgan fingerprint density at radius 3 is 1.75 bits per heavy atom. The number of hydrogen-bond donors (Lipinski definition) is 2. The highest BCUT2D eigenvalue weighted by Crippen LogP contribution is 2.41. The van der Waals surface area contributed by atoms with Crippen LogP contribution in [0.4, 0.5) is 0 Å². The van der Waals surface area contributed by atoms with Crippen molar-refractivity contribution in [1.29, 1.82) is 0 Å². The van der Waals surface area contributed by atoms with Crippen LogP contribution < -0.4 is 4.90 Å². The third-order valence-corrected chi connectivity index (χ3v) is 8.08. The van der Waals surface area contributed by atoms with E-state index in [-0.39, 0.29) is 31.8 Å². The molecule has 0 saturated carbocycles. The van der Waals surface area contributed by atoms with Gasteiger partial charge in [-0.15, -0.1) is 0 Å². The molecule has 0 radical (unpaired) electrons. The Bertz CT molecular complexity index is 544. The van der Waals surface area contributed by atoms with Gasteiger partial charge in [0.05, 0.1) is 39.0 Å². The molecule has 0 aliphatic heterocycles. The molecule has 8 heteroatoms. The summed E-state index contributed by atoms with van der Waals surface area (Å²) in [6.07, 6.45) is 18.0. The van der Waals surface area contributed by atoms with Crippen LogP contribution >= 0.6 is 7.60 Å². The first-order chi connectivity index (χ1) is 17.4. The Morgan fingerprint density at radius 2 is 1.28 bits per heavy atom. The van der Waals surface area contributed by atoms with Crippen LogP contribution in [0.25, 0.3) is 0 Å². The molecule has 216 valence electrons. The molecule has 2 unspecified atom stereocenters. The van der Waals surface area contributed by atoms with Crippen molar-refractivity contribution in [2.24, 2.45) is 0 Å². The van der Waals surface area contributed by atoms with Gasteiger partial charge in [0.25, 0.3) is 0 Å². The predicted molar refractivity (Wildman–Crippen MR) is 149 cm³/mol. The Labute approximate surface area is 222 Å². The van der Waals surface area contributed by atoms with Crippen molar-refractivity contribution in [1.82, 2.24) is 0 Å².